The molecule has 7 nitrogen and oxygen atoms in total. The maximum absolute atomic E-state index is 12.8. The quantitative estimate of drug-likeness (QED) is 0.464. The number of piperidine rings is 1. The third-order valence-electron chi connectivity index (χ3n) is 5.63. The van der Waals surface area contributed by atoms with Gasteiger partial charge >= 0.3 is 0 Å². The Kier molecular flexibility index (Phi) is 5.37. The Morgan fingerprint density at radius 1 is 1.10 bits per heavy atom. The molecule has 30 heavy (non-hydrogen) atoms. The van der Waals surface area contributed by atoms with Crippen molar-refractivity contribution in [3.05, 3.63) is 71.3 Å². The lowest BCUT2D eigenvalue weighted by Crippen LogP contribution is -2.52. The number of likely N-dealkylation sites (tertiary alicyclic amines) is 1. The van der Waals surface area contributed by atoms with Gasteiger partial charge in [-0.1, -0.05) is 24.3 Å². The van der Waals surface area contributed by atoms with Crippen LogP contribution in [-0.2, 0) is 4.79 Å². The molecule has 1 fully saturated rings. The first-order chi connectivity index (χ1) is 14.5. The zero-order chi connectivity index (χ0) is 21.1. The molecule has 0 aliphatic carbocycles. The monoisotopic (exact) mass is 406 g/mol. The van der Waals surface area contributed by atoms with Gasteiger partial charge in [-0.25, -0.2) is 5.48 Å². The van der Waals surface area contributed by atoms with Crippen molar-refractivity contribution in [3.8, 4) is 5.75 Å². The van der Waals surface area contributed by atoms with Gasteiger partial charge in [-0.3, -0.25) is 19.6 Å². The summed E-state index contributed by atoms with van der Waals surface area (Å²) in [6.07, 6.45) is 4.13. The summed E-state index contributed by atoms with van der Waals surface area (Å²) >= 11 is 0. The van der Waals surface area contributed by atoms with Crippen LogP contribution in [0.2, 0.25) is 0 Å². The molecule has 0 radical (unpaired) electrons. The SMILES string of the molecule is O=C(C=Cc1ccc2c(c1)C(=O)CC1(CCN(C(=O)c3ccccc3)CC1)O2)NO. The number of ether oxygens (including phenoxy) is 1. The molecule has 0 aromatic heterocycles. The molecular weight excluding hydrogens is 384 g/mol. The first kappa shape index (κ1) is 19.8. The average molecular weight is 406 g/mol. The number of Topliss-reactive ketones (excluding diaryl/α,β-unsaturated/α-hetero) is 1. The van der Waals surface area contributed by atoms with Gasteiger partial charge in [0.05, 0.1) is 12.0 Å². The number of rotatable bonds is 3. The summed E-state index contributed by atoms with van der Waals surface area (Å²) in [5.41, 5.74) is 2.73. The number of hydrogen-bond donors (Lipinski definition) is 2. The summed E-state index contributed by atoms with van der Waals surface area (Å²) in [5, 5.41) is 8.56. The number of nitrogens with zero attached hydrogens (tertiary/aromatic N) is 1. The van der Waals surface area contributed by atoms with E-state index in [0.29, 0.717) is 48.4 Å². The number of amides is 2. The summed E-state index contributed by atoms with van der Waals surface area (Å²) in [6.45, 7) is 1.07. The zero-order valence-corrected chi connectivity index (χ0v) is 16.3. The summed E-state index contributed by atoms with van der Waals surface area (Å²) in [4.78, 5) is 38.5. The minimum atomic E-state index is -0.647. The lowest BCUT2D eigenvalue weighted by Gasteiger charge is -2.44. The molecule has 2 aliphatic heterocycles. The first-order valence-corrected chi connectivity index (χ1v) is 9.82. The second-order valence-corrected chi connectivity index (χ2v) is 7.61. The largest absolute Gasteiger partial charge is 0.486 e. The van der Waals surface area contributed by atoms with E-state index < -0.39 is 11.5 Å². The summed E-state index contributed by atoms with van der Waals surface area (Å²) in [5.74, 6) is -0.138. The van der Waals surface area contributed by atoms with Gasteiger partial charge in [-0.15, -0.1) is 0 Å². The van der Waals surface area contributed by atoms with Gasteiger partial charge in [0.1, 0.15) is 11.4 Å². The zero-order valence-electron chi connectivity index (χ0n) is 16.3. The van der Waals surface area contributed by atoms with Crippen LogP contribution in [0.4, 0.5) is 0 Å². The van der Waals surface area contributed by atoms with Crippen molar-refractivity contribution in [1.29, 1.82) is 0 Å². The molecule has 2 amide bonds. The average Bonchev–Trinajstić information content (AvgIpc) is 2.78. The second kappa shape index (κ2) is 8.12. The van der Waals surface area contributed by atoms with Gasteiger partial charge in [0.2, 0.25) is 0 Å². The highest BCUT2D eigenvalue weighted by Crippen LogP contribution is 2.40. The number of nitrogens with one attached hydrogen (secondary N) is 1. The summed E-state index contributed by atoms with van der Waals surface area (Å²) in [7, 11) is 0. The van der Waals surface area contributed by atoms with Crippen molar-refractivity contribution < 1.29 is 24.3 Å². The van der Waals surface area contributed by atoms with Gasteiger partial charge in [0.15, 0.2) is 5.78 Å². The predicted molar refractivity (Wildman–Crippen MR) is 109 cm³/mol. The Morgan fingerprint density at radius 3 is 2.53 bits per heavy atom. The third-order valence-corrected chi connectivity index (χ3v) is 5.63. The molecule has 0 saturated carbocycles. The molecule has 2 aromatic carbocycles. The standard InChI is InChI=1S/C23H22N2O5/c26-19-15-23(10-12-25(13-11-23)22(28)17-4-2-1-3-5-17)30-20-8-6-16(14-18(19)20)7-9-21(27)24-29/h1-9,14,29H,10-13,15H2,(H,24,27). The molecule has 154 valence electrons. The molecule has 2 heterocycles. The van der Waals surface area contributed by atoms with Crippen molar-refractivity contribution in [1.82, 2.24) is 10.4 Å². The molecule has 1 saturated heterocycles. The minimum Gasteiger partial charge on any atom is -0.486 e. The van der Waals surface area contributed by atoms with Crippen LogP contribution in [0.3, 0.4) is 0 Å². The normalized spacial score (nSPS) is 17.5. The molecule has 0 unspecified atom stereocenters. The highest BCUT2D eigenvalue weighted by atomic mass is 16.5. The Hall–Kier alpha value is -3.45. The van der Waals surface area contributed by atoms with Crippen molar-refractivity contribution in [3.63, 3.8) is 0 Å². The lowest BCUT2D eigenvalue weighted by molar-refractivity contribution is -0.124. The Labute approximate surface area is 173 Å². The van der Waals surface area contributed by atoms with E-state index in [9.17, 15) is 14.4 Å². The Morgan fingerprint density at radius 2 is 1.83 bits per heavy atom. The Balaban J connectivity index is 1.46. The van der Waals surface area contributed by atoms with Crippen molar-refractivity contribution in [2.45, 2.75) is 24.9 Å². The maximum Gasteiger partial charge on any atom is 0.267 e. The highest BCUT2D eigenvalue weighted by Gasteiger charge is 2.43. The summed E-state index contributed by atoms with van der Waals surface area (Å²) in [6, 6.07) is 14.3. The molecule has 0 bridgehead atoms. The maximum atomic E-state index is 12.8. The van der Waals surface area contributed by atoms with Crippen LogP contribution in [0.1, 0.15) is 45.5 Å². The second-order valence-electron chi connectivity index (χ2n) is 7.61. The van der Waals surface area contributed by atoms with E-state index in [2.05, 4.69) is 0 Å². The van der Waals surface area contributed by atoms with Crippen LogP contribution < -0.4 is 10.2 Å². The molecular formula is C23H22N2O5. The third kappa shape index (κ3) is 3.97. The van der Waals surface area contributed by atoms with Gasteiger partial charge in [0, 0.05) is 37.6 Å². The first-order valence-electron chi connectivity index (χ1n) is 9.82. The van der Waals surface area contributed by atoms with Crippen molar-refractivity contribution >= 4 is 23.7 Å². The number of fused-ring (bicyclic) bond motifs is 1. The number of ketones is 1. The van der Waals surface area contributed by atoms with Crippen LogP contribution in [0, 0.1) is 0 Å². The van der Waals surface area contributed by atoms with E-state index in [0.717, 1.165) is 0 Å². The summed E-state index contributed by atoms with van der Waals surface area (Å²) < 4.78 is 6.26. The number of hydroxylamine groups is 1. The van der Waals surface area contributed by atoms with Crippen LogP contribution in [0.25, 0.3) is 6.08 Å². The fourth-order valence-electron chi connectivity index (χ4n) is 3.98. The highest BCUT2D eigenvalue weighted by molar-refractivity contribution is 6.01. The van der Waals surface area contributed by atoms with Gasteiger partial charge < -0.3 is 9.64 Å². The number of carbonyl (C=O) groups excluding carboxylic acids is 3. The lowest BCUT2D eigenvalue weighted by atomic mass is 9.82. The minimum absolute atomic E-state index is 0.00340. The smallest absolute Gasteiger partial charge is 0.267 e. The Bertz CT molecular complexity index is 1010. The van der Waals surface area contributed by atoms with Crippen molar-refractivity contribution in [2.75, 3.05) is 13.1 Å². The van der Waals surface area contributed by atoms with Gasteiger partial charge in [-0.05, 0) is 35.9 Å². The molecule has 2 N–H and O–H groups in total. The fourth-order valence-corrected chi connectivity index (χ4v) is 3.98. The van der Waals surface area contributed by atoms with Crippen molar-refractivity contribution in [2.24, 2.45) is 0 Å². The van der Waals surface area contributed by atoms with Crippen LogP contribution in [-0.4, -0.2) is 46.4 Å². The number of benzene rings is 2. The predicted octanol–water partition coefficient (Wildman–Crippen LogP) is 2.85. The molecule has 2 aliphatic rings. The van der Waals surface area contributed by atoms with Crippen LogP contribution in [0.5, 0.6) is 5.75 Å². The van der Waals surface area contributed by atoms with Gasteiger partial charge in [0.25, 0.3) is 11.8 Å². The number of carbonyl (C=O) groups is 3. The van der Waals surface area contributed by atoms with Crippen LogP contribution >= 0.6 is 0 Å². The van der Waals surface area contributed by atoms with Crippen LogP contribution in [0.15, 0.2) is 54.6 Å². The molecule has 4 rings (SSSR count). The molecule has 0 atom stereocenters. The molecule has 1 spiro atoms. The van der Waals surface area contributed by atoms with E-state index in [1.165, 1.54) is 17.6 Å². The van der Waals surface area contributed by atoms with E-state index in [1.54, 1.807) is 30.3 Å². The fraction of sp³-hybridized carbons (Fsp3) is 0.261. The number of hydrogen-bond acceptors (Lipinski definition) is 5. The topological polar surface area (TPSA) is 95.9 Å². The molecule has 2 aromatic rings. The molecule has 7 heteroatoms. The van der Waals surface area contributed by atoms with Gasteiger partial charge in [-0.2, -0.15) is 0 Å². The van der Waals surface area contributed by atoms with E-state index in [-0.39, 0.29) is 18.1 Å². The van der Waals surface area contributed by atoms with E-state index >= 15 is 0 Å². The van der Waals surface area contributed by atoms with E-state index in [1.807, 2.05) is 23.1 Å². The van der Waals surface area contributed by atoms with E-state index in [4.69, 9.17) is 9.94 Å².